The molecule has 0 unspecified atom stereocenters. The number of carboxylic acid groups (broad SMARTS) is 1. The Balaban J connectivity index is 2.21. The summed E-state index contributed by atoms with van der Waals surface area (Å²) in [4.78, 5) is 10.7. The number of rotatable bonds is 4. The molecule has 0 aromatic heterocycles. The molecule has 0 amide bonds. The smallest absolute Gasteiger partial charge is 0.307 e. The molecule has 0 aliphatic rings. The van der Waals surface area contributed by atoms with E-state index in [-0.39, 0.29) is 6.42 Å². The molecule has 0 saturated carbocycles. The summed E-state index contributed by atoms with van der Waals surface area (Å²) in [5.74, 6) is -0.811. The highest BCUT2D eigenvalue weighted by Gasteiger charge is 2.05. The summed E-state index contributed by atoms with van der Waals surface area (Å²) in [5, 5.41) is 12.2. The summed E-state index contributed by atoms with van der Waals surface area (Å²) >= 11 is 3.48. The lowest BCUT2D eigenvalue weighted by Crippen LogP contribution is -2.01. The van der Waals surface area contributed by atoms with E-state index < -0.39 is 5.97 Å². The van der Waals surface area contributed by atoms with Gasteiger partial charge in [0.25, 0.3) is 0 Å². The zero-order valence-electron chi connectivity index (χ0n) is 11.4. The minimum absolute atomic E-state index is 0.0541. The van der Waals surface area contributed by atoms with Crippen LogP contribution in [0.3, 0.4) is 0 Å². The first-order chi connectivity index (χ1) is 9.45. The molecule has 4 heteroatoms. The zero-order valence-corrected chi connectivity index (χ0v) is 13.0. The van der Waals surface area contributed by atoms with E-state index in [1.165, 1.54) is 0 Å². The molecule has 3 nitrogen and oxygen atoms in total. The molecule has 0 atom stereocenters. The predicted molar refractivity (Wildman–Crippen MR) is 84.7 cm³/mol. The number of hydrogen-bond acceptors (Lipinski definition) is 2. The summed E-state index contributed by atoms with van der Waals surface area (Å²) in [6.07, 6.45) is 0.0541. The van der Waals surface area contributed by atoms with Gasteiger partial charge in [0, 0.05) is 15.8 Å². The van der Waals surface area contributed by atoms with E-state index in [1.807, 2.05) is 44.2 Å². The van der Waals surface area contributed by atoms with Crippen molar-refractivity contribution in [3.05, 3.63) is 57.6 Å². The minimum atomic E-state index is -0.811. The Kier molecular flexibility index (Phi) is 4.45. The van der Waals surface area contributed by atoms with E-state index >= 15 is 0 Å². The van der Waals surface area contributed by atoms with Crippen LogP contribution in [-0.2, 0) is 11.2 Å². The van der Waals surface area contributed by atoms with Crippen LogP contribution in [0.1, 0.15) is 16.7 Å². The monoisotopic (exact) mass is 333 g/mol. The number of nitrogens with one attached hydrogen (secondary N) is 1. The van der Waals surface area contributed by atoms with Gasteiger partial charge in [-0.3, -0.25) is 4.79 Å². The third-order valence-corrected chi connectivity index (χ3v) is 3.97. The van der Waals surface area contributed by atoms with Gasteiger partial charge in [-0.25, -0.2) is 0 Å². The fraction of sp³-hybridized carbons (Fsp3) is 0.188. The minimum Gasteiger partial charge on any atom is -0.481 e. The van der Waals surface area contributed by atoms with Crippen molar-refractivity contribution in [1.29, 1.82) is 0 Å². The van der Waals surface area contributed by atoms with Crippen LogP contribution in [-0.4, -0.2) is 11.1 Å². The van der Waals surface area contributed by atoms with Gasteiger partial charge in [0.1, 0.15) is 0 Å². The van der Waals surface area contributed by atoms with Gasteiger partial charge >= 0.3 is 5.97 Å². The van der Waals surface area contributed by atoms with Crippen molar-refractivity contribution in [3.63, 3.8) is 0 Å². The van der Waals surface area contributed by atoms with Crippen LogP contribution in [0.2, 0.25) is 0 Å². The topological polar surface area (TPSA) is 49.3 Å². The van der Waals surface area contributed by atoms with Gasteiger partial charge in [0.05, 0.1) is 6.42 Å². The second kappa shape index (κ2) is 6.09. The van der Waals surface area contributed by atoms with E-state index in [2.05, 4.69) is 27.3 Å². The zero-order chi connectivity index (χ0) is 14.7. The van der Waals surface area contributed by atoms with Crippen LogP contribution in [0.25, 0.3) is 0 Å². The third kappa shape index (κ3) is 3.61. The highest BCUT2D eigenvalue weighted by atomic mass is 79.9. The molecule has 0 aliphatic carbocycles. The number of aliphatic carboxylic acids is 1. The first kappa shape index (κ1) is 14.6. The fourth-order valence-electron chi connectivity index (χ4n) is 2.03. The van der Waals surface area contributed by atoms with Crippen LogP contribution in [0.5, 0.6) is 0 Å². The molecule has 2 N–H and O–H groups in total. The molecular formula is C16H16BrNO2. The van der Waals surface area contributed by atoms with E-state index in [9.17, 15) is 4.79 Å². The molecule has 2 aromatic carbocycles. The van der Waals surface area contributed by atoms with Crippen molar-refractivity contribution < 1.29 is 9.90 Å². The highest BCUT2D eigenvalue weighted by molar-refractivity contribution is 9.10. The molecule has 0 aliphatic heterocycles. The van der Waals surface area contributed by atoms with Gasteiger partial charge in [0.2, 0.25) is 0 Å². The van der Waals surface area contributed by atoms with Gasteiger partial charge in [-0.05, 0) is 54.8 Å². The van der Waals surface area contributed by atoms with Gasteiger partial charge in [0.15, 0.2) is 0 Å². The number of carbonyl (C=O) groups is 1. The number of hydrogen-bond donors (Lipinski definition) is 2. The maximum absolute atomic E-state index is 10.7. The third-order valence-electron chi connectivity index (χ3n) is 3.08. The van der Waals surface area contributed by atoms with Gasteiger partial charge < -0.3 is 10.4 Å². The number of anilines is 2. The summed E-state index contributed by atoms with van der Waals surface area (Å²) in [6.45, 7) is 4.01. The van der Waals surface area contributed by atoms with Crippen LogP contribution < -0.4 is 5.32 Å². The van der Waals surface area contributed by atoms with Crippen molar-refractivity contribution in [1.82, 2.24) is 0 Å². The Morgan fingerprint density at radius 1 is 1.15 bits per heavy atom. The SMILES string of the molecule is Cc1cc(Nc2ccc(CC(=O)O)cc2C)ccc1Br. The summed E-state index contributed by atoms with van der Waals surface area (Å²) in [5.41, 5.74) is 5.01. The molecule has 0 heterocycles. The largest absolute Gasteiger partial charge is 0.481 e. The van der Waals surface area contributed by atoms with Crippen molar-refractivity contribution in [2.45, 2.75) is 20.3 Å². The van der Waals surface area contributed by atoms with Crippen molar-refractivity contribution in [3.8, 4) is 0 Å². The fourth-order valence-corrected chi connectivity index (χ4v) is 2.28. The second-order valence-corrected chi connectivity index (χ2v) is 5.66. The highest BCUT2D eigenvalue weighted by Crippen LogP contribution is 2.25. The molecule has 0 saturated heterocycles. The Labute approximate surface area is 126 Å². The first-order valence-electron chi connectivity index (χ1n) is 6.30. The number of benzene rings is 2. The standard InChI is InChI=1S/C16H16BrNO2/c1-10-8-13(4-5-14(10)17)18-15-6-3-12(7-11(15)2)9-16(19)20/h3-8,18H,9H2,1-2H3,(H,19,20). The normalized spacial score (nSPS) is 10.3. The van der Waals surface area contributed by atoms with Crippen LogP contribution in [0.15, 0.2) is 40.9 Å². The number of aryl methyl sites for hydroxylation is 2. The molecule has 2 rings (SSSR count). The molecule has 2 aromatic rings. The van der Waals surface area contributed by atoms with Gasteiger partial charge in [-0.2, -0.15) is 0 Å². The Morgan fingerprint density at radius 3 is 2.50 bits per heavy atom. The number of carboxylic acids is 1. The molecule has 0 bridgehead atoms. The van der Waals surface area contributed by atoms with Crippen molar-refractivity contribution >= 4 is 33.3 Å². The van der Waals surface area contributed by atoms with Crippen LogP contribution in [0, 0.1) is 13.8 Å². The molecule has 0 radical (unpaired) electrons. The Morgan fingerprint density at radius 2 is 1.90 bits per heavy atom. The van der Waals surface area contributed by atoms with E-state index in [4.69, 9.17) is 5.11 Å². The van der Waals surface area contributed by atoms with E-state index in [0.717, 1.165) is 32.5 Å². The number of halogens is 1. The maximum Gasteiger partial charge on any atom is 0.307 e. The Hall–Kier alpha value is -1.81. The molecule has 0 fully saturated rings. The lowest BCUT2D eigenvalue weighted by Gasteiger charge is -2.12. The first-order valence-corrected chi connectivity index (χ1v) is 7.09. The average molecular weight is 334 g/mol. The average Bonchev–Trinajstić information content (AvgIpc) is 2.36. The van der Waals surface area contributed by atoms with Crippen molar-refractivity contribution in [2.24, 2.45) is 0 Å². The summed E-state index contributed by atoms with van der Waals surface area (Å²) in [6, 6.07) is 11.7. The van der Waals surface area contributed by atoms with Crippen molar-refractivity contribution in [2.75, 3.05) is 5.32 Å². The summed E-state index contributed by atoms with van der Waals surface area (Å²) in [7, 11) is 0. The van der Waals surface area contributed by atoms with Crippen LogP contribution in [0.4, 0.5) is 11.4 Å². The van der Waals surface area contributed by atoms with E-state index in [0.29, 0.717) is 0 Å². The van der Waals surface area contributed by atoms with Crippen LogP contribution >= 0.6 is 15.9 Å². The maximum atomic E-state index is 10.7. The quantitative estimate of drug-likeness (QED) is 0.869. The summed E-state index contributed by atoms with van der Waals surface area (Å²) < 4.78 is 1.08. The lowest BCUT2D eigenvalue weighted by molar-refractivity contribution is -0.136. The van der Waals surface area contributed by atoms with Gasteiger partial charge in [-0.1, -0.05) is 28.1 Å². The lowest BCUT2D eigenvalue weighted by atomic mass is 10.1. The molecule has 0 spiro atoms. The molecular weight excluding hydrogens is 318 g/mol. The molecule has 104 valence electrons. The second-order valence-electron chi connectivity index (χ2n) is 4.81. The molecule has 20 heavy (non-hydrogen) atoms. The Bertz CT molecular complexity index is 653. The predicted octanol–water partition coefficient (Wildman–Crippen LogP) is 4.44. The van der Waals surface area contributed by atoms with Gasteiger partial charge in [-0.15, -0.1) is 0 Å². The van der Waals surface area contributed by atoms with E-state index in [1.54, 1.807) is 0 Å².